The minimum Gasteiger partial charge on any atom is -0.497 e. The molecule has 2 aromatic rings. The molecule has 0 radical (unpaired) electrons. The zero-order chi connectivity index (χ0) is 19.9. The van der Waals surface area contributed by atoms with Crippen molar-refractivity contribution in [2.24, 2.45) is 5.92 Å². The minimum atomic E-state index is 0.553. The third kappa shape index (κ3) is 5.29. The molecular weight excluding hydrogens is 370 g/mol. The van der Waals surface area contributed by atoms with Gasteiger partial charge in [0.25, 0.3) is 0 Å². The topological polar surface area (TPSA) is 45.8 Å². The van der Waals surface area contributed by atoms with E-state index in [9.17, 15) is 0 Å². The molecule has 6 heteroatoms. The lowest BCUT2D eigenvalue weighted by atomic mass is 9.99. The summed E-state index contributed by atoms with van der Waals surface area (Å²) in [7, 11) is 3.26. The molecule has 1 aliphatic heterocycles. The Kier molecular flexibility index (Phi) is 6.98. The first-order chi connectivity index (χ1) is 13.6. The maximum atomic E-state index is 5.43. The van der Waals surface area contributed by atoms with E-state index in [4.69, 9.17) is 21.7 Å². The maximum Gasteiger partial charge on any atom is 0.171 e. The summed E-state index contributed by atoms with van der Waals surface area (Å²) in [5, 5.41) is 6.99. The molecular formula is C22H29N3O2S. The molecule has 1 fully saturated rings. The van der Waals surface area contributed by atoms with Crippen molar-refractivity contribution in [2.75, 3.05) is 37.5 Å². The summed E-state index contributed by atoms with van der Waals surface area (Å²) in [5.74, 6) is 2.20. The zero-order valence-electron chi connectivity index (χ0n) is 16.8. The highest BCUT2D eigenvalue weighted by molar-refractivity contribution is 7.80. The first kappa shape index (κ1) is 20.3. The summed E-state index contributed by atoms with van der Waals surface area (Å²) < 4.78 is 10.6. The molecule has 28 heavy (non-hydrogen) atoms. The van der Waals surface area contributed by atoms with Crippen LogP contribution >= 0.6 is 12.2 Å². The van der Waals surface area contributed by atoms with Gasteiger partial charge in [-0.05, 0) is 60.8 Å². The number of nitrogens with one attached hydrogen (secondary N) is 2. The third-order valence-corrected chi connectivity index (χ3v) is 5.31. The Hall–Kier alpha value is -2.47. The Morgan fingerprint density at radius 3 is 2.61 bits per heavy atom. The van der Waals surface area contributed by atoms with Crippen molar-refractivity contribution in [3.05, 3.63) is 48.0 Å². The monoisotopic (exact) mass is 399 g/mol. The number of rotatable bonds is 6. The third-order valence-electron chi connectivity index (χ3n) is 5.07. The first-order valence-electron chi connectivity index (χ1n) is 9.70. The van der Waals surface area contributed by atoms with Crippen molar-refractivity contribution >= 4 is 28.7 Å². The van der Waals surface area contributed by atoms with Crippen molar-refractivity contribution in [1.29, 1.82) is 0 Å². The average molecular weight is 400 g/mol. The number of methoxy groups -OCH3 is 2. The molecule has 3 rings (SSSR count). The van der Waals surface area contributed by atoms with E-state index < -0.39 is 0 Å². The van der Waals surface area contributed by atoms with Gasteiger partial charge in [0.1, 0.15) is 11.5 Å². The Labute approximate surface area is 173 Å². The molecule has 0 amide bonds. The lowest BCUT2D eigenvalue weighted by Crippen LogP contribution is -2.34. The van der Waals surface area contributed by atoms with Crippen LogP contribution in [0.25, 0.3) is 0 Å². The number of benzene rings is 2. The Balaban J connectivity index is 1.53. The molecule has 2 N–H and O–H groups in total. The van der Waals surface area contributed by atoms with Gasteiger partial charge in [0.05, 0.1) is 19.9 Å². The number of hydrogen-bond acceptors (Lipinski definition) is 4. The summed E-state index contributed by atoms with van der Waals surface area (Å²) >= 11 is 5.43. The molecule has 0 bridgehead atoms. The van der Waals surface area contributed by atoms with Crippen molar-refractivity contribution in [1.82, 2.24) is 5.32 Å². The molecule has 1 aliphatic rings. The van der Waals surface area contributed by atoms with Crippen LogP contribution in [0.4, 0.5) is 11.4 Å². The second-order valence-corrected chi connectivity index (χ2v) is 7.64. The van der Waals surface area contributed by atoms with Gasteiger partial charge < -0.3 is 25.0 Å². The van der Waals surface area contributed by atoms with Crippen LogP contribution in [-0.2, 0) is 6.54 Å². The van der Waals surface area contributed by atoms with Crippen LogP contribution in [0.2, 0.25) is 0 Å². The van der Waals surface area contributed by atoms with Gasteiger partial charge in [-0.25, -0.2) is 0 Å². The van der Waals surface area contributed by atoms with Crippen LogP contribution in [0.15, 0.2) is 42.5 Å². The summed E-state index contributed by atoms with van der Waals surface area (Å²) in [5.41, 5.74) is 3.30. The largest absolute Gasteiger partial charge is 0.497 e. The number of piperidine rings is 1. The first-order valence-corrected chi connectivity index (χ1v) is 10.1. The van der Waals surface area contributed by atoms with Gasteiger partial charge in [0.2, 0.25) is 0 Å². The Bertz CT molecular complexity index is 795. The second kappa shape index (κ2) is 9.64. The highest BCUT2D eigenvalue weighted by Gasteiger charge is 2.16. The summed E-state index contributed by atoms with van der Waals surface area (Å²) in [4.78, 5) is 2.48. The highest BCUT2D eigenvalue weighted by Crippen LogP contribution is 2.29. The van der Waals surface area contributed by atoms with Gasteiger partial charge in [0.15, 0.2) is 5.11 Å². The predicted octanol–water partition coefficient (Wildman–Crippen LogP) is 4.43. The SMILES string of the molecule is COc1ccc(NC(=S)NCc2ccc(N3CCCC(C)C3)cc2)c(OC)c1. The number of nitrogens with zero attached hydrogens (tertiary/aromatic N) is 1. The quantitative estimate of drug-likeness (QED) is 0.701. The molecule has 1 saturated heterocycles. The molecule has 0 spiro atoms. The summed E-state index contributed by atoms with van der Waals surface area (Å²) in [6.45, 7) is 5.30. The second-order valence-electron chi connectivity index (χ2n) is 7.23. The number of anilines is 2. The summed E-state index contributed by atoms with van der Waals surface area (Å²) in [6.07, 6.45) is 2.61. The zero-order valence-corrected chi connectivity index (χ0v) is 17.6. The molecule has 1 unspecified atom stereocenters. The molecule has 0 aliphatic carbocycles. The van der Waals surface area contributed by atoms with Gasteiger partial charge in [-0.2, -0.15) is 0 Å². The van der Waals surface area contributed by atoms with E-state index in [-0.39, 0.29) is 0 Å². The Morgan fingerprint density at radius 2 is 1.93 bits per heavy atom. The fraction of sp³-hybridized carbons (Fsp3) is 0.409. The van der Waals surface area contributed by atoms with Gasteiger partial charge in [-0.15, -0.1) is 0 Å². The van der Waals surface area contributed by atoms with Crippen LogP contribution in [0.1, 0.15) is 25.3 Å². The normalized spacial score (nSPS) is 16.4. The van der Waals surface area contributed by atoms with E-state index in [0.717, 1.165) is 30.4 Å². The van der Waals surface area contributed by atoms with Crippen LogP contribution in [0.3, 0.4) is 0 Å². The molecule has 0 aromatic heterocycles. The molecule has 5 nitrogen and oxygen atoms in total. The molecule has 2 aromatic carbocycles. The van der Waals surface area contributed by atoms with Crippen LogP contribution < -0.4 is 25.0 Å². The molecule has 150 valence electrons. The number of thiocarbonyl (C=S) groups is 1. The fourth-order valence-corrected chi connectivity index (χ4v) is 3.68. The van der Waals surface area contributed by atoms with E-state index in [1.807, 2.05) is 18.2 Å². The van der Waals surface area contributed by atoms with E-state index in [0.29, 0.717) is 17.4 Å². The molecule has 0 saturated carbocycles. The average Bonchev–Trinajstić information content (AvgIpc) is 2.73. The van der Waals surface area contributed by atoms with Crippen LogP contribution in [0, 0.1) is 5.92 Å². The smallest absolute Gasteiger partial charge is 0.171 e. The van der Waals surface area contributed by atoms with E-state index in [1.54, 1.807) is 14.2 Å². The maximum absolute atomic E-state index is 5.43. The van der Waals surface area contributed by atoms with Crippen molar-refractivity contribution in [2.45, 2.75) is 26.3 Å². The number of ether oxygens (including phenoxy) is 2. The summed E-state index contributed by atoms with van der Waals surface area (Å²) in [6, 6.07) is 14.3. The highest BCUT2D eigenvalue weighted by atomic mass is 32.1. The van der Waals surface area contributed by atoms with Crippen LogP contribution in [-0.4, -0.2) is 32.4 Å². The van der Waals surface area contributed by atoms with Crippen molar-refractivity contribution in [3.63, 3.8) is 0 Å². The van der Waals surface area contributed by atoms with Crippen LogP contribution in [0.5, 0.6) is 11.5 Å². The lowest BCUT2D eigenvalue weighted by molar-refractivity contribution is 0.395. The van der Waals surface area contributed by atoms with Gasteiger partial charge in [-0.1, -0.05) is 19.1 Å². The van der Waals surface area contributed by atoms with E-state index >= 15 is 0 Å². The Morgan fingerprint density at radius 1 is 1.14 bits per heavy atom. The molecule has 1 atom stereocenters. The fourth-order valence-electron chi connectivity index (χ4n) is 3.50. The van der Waals surface area contributed by atoms with E-state index in [2.05, 4.69) is 46.7 Å². The predicted molar refractivity (Wildman–Crippen MR) is 120 cm³/mol. The standard InChI is InChI=1S/C22H29N3O2S/c1-16-5-4-12-25(15-16)18-8-6-17(7-9-18)14-23-22(28)24-20-11-10-19(26-2)13-21(20)27-3/h6-11,13,16H,4-5,12,14-15H2,1-3H3,(H2,23,24,28). The van der Waals surface area contributed by atoms with Gasteiger partial charge >= 0.3 is 0 Å². The van der Waals surface area contributed by atoms with Crippen molar-refractivity contribution < 1.29 is 9.47 Å². The minimum absolute atomic E-state index is 0.553. The van der Waals surface area contributed by atoms with Gasteiger partial charge in [0, 0.05) is 31.4 Å². The lowest BCUT2D eigenvalue weighted by Gasteiger charge is -2.32. The van der Waals surface area contributed by atoms with Crippen molar-refractivity contribution in [3.8, 4) is 11.5 Å². The molecule has 1 heterocycles. The van der Waals surface area contributed by atoms with E-state index in [1.165, 1.54) is 24.1 Å². The number of hydrogen-bond donors (Lipinski definition) is 2. The van der Waals surface area contributed by atoms with Gasteiger partial charge in [-0.3, -0.25) is 0 Å².